The van der Waals surface area contributed by atoms with Crippen molar-refractivity contribution in [2.45, 2.75) is 6.92 Å². The molecule has 1 rings (SSSR count). The molecule has 1 aromatic rings. The maximum atomic E-state index is 11.0. The predicted octanol–water partition coefficient (Wildman–Crippen LogP) is 1.32. The van der Waals surface area contributed by atoms with Crippen LogP contribution in [0.2, 0.25) is 0 Å². The number of carbonyl (C=O) groups excluding carboxylic acids is 1. The van der Waals surface area contributed by atoms with Crippen molar-refractivity contribution in [1.29, 1.82) is 0 Å². The zero-order valence-corrected chi connectivity index (χ0v) is 8.68. The third-order valence-corrected chi connectivity index (χ3v) is 2.54. The number of hydrogen-bond acceptors (Lipinski definition) is 5. The van der Waals surface area contributed by atoms with E-state index in [1.54, 1.807) is 6.92 Å². The van der Waals surface area contributed by atoms with Crippen molar-refractivity contribution in [2.75, 3.05) is 6.61 Å². The zero-order valence-electron chi connectivity index (χ0n) is 5.70. The van der Waals surface area contributed by atoms with Crippen molar-refractivity contribution in [1.82, 2.24) is 9.59 Å². The SMILES string of the molecule is CCOC(=O)c1nnsc1I. The van der Waals surface area contributed by atoms with E-state index < -0.39 is 5.97 Å². The van der Waals surface area contributed by atoms with Crippen LogP contribution in [0.25, 0.3) is 0 Å². The molecule has 0 bridgehead atoms. The summed E-state index contributed by atoms with van der Waals surface area (Å²) in [5, 5.41) is 3.62. The second-order valence-corrected chi connectivity index (χ2v) is 4.18. The highest BCUT2D eigenvalue weighted by Crippen LogP contribution is 2.13. The Morgan fingerprint density at radius 2 is 2.55 bits per heavy atom. The third-order valence-electron chi connectivity index (χ3n) is 0.917. The highest BCUT2D eigenvalue weighted by molar-refractivity contribution is 14.1. The lowest BCUT2D eigenvalue weighted by Gasteiger charge is -1.95. The van der Waals surface area contributed by atoms with Gasteiger partial charge in [0, 0.05) is 0 Å². The molecule has 0 saturated heterocycles. The summed E-state index contributed by atoms with van der Waals surface area (Å²) in [5.74, 6) is -0.398. The summed E-state index contributed by atoms with van der Waals surface area (Å²) in [5.41, 5.74) is 0.317. The van der Waals surface area contributed by atoms with E-state index in [0.29, 0.717) is 12.3 Å². The molecule has 0 atom stereocenters. The molecule has 1 heterocycles. The fourth-order valence-electron chi connectivity index (χ4n) is 0.500. The van der Waals surface area contributed by atoms with Crippen molar-refractivity contribution < 1.29 is 9.53 Å². The minimum atomic E-state index is -0.398. The number of halogens is 1. The van der Waals surface area contributed by atoms with Crippen molar-refractivity contribution in [3.63, 3.8) is 0 Å². The van der Waals surface area contributed by atoms with E-state index in [-0.39, 0.29) is 0 Å². The molecule has 0 N–H and O–H groups in total. The van der Waals surface area contributed by atoms with Gasteiger partial charge in [-0.3, -0.25) is 0 Å². The molecule has 6 heteroatoms. The fourth-order valence-corrected chi connectivity index (χ4v) is 1.50. The Balaban J connectivity index is 2.76. The summed E-state index contributed by atoms with van der Waals surface area (Å²) in [6.45, 7) is 2.12. The molecular formula is C5H5IN2O2S. The molecule has 0 aromatic carbocycles. The minimum absolute atomic E-state index is 0.317. The van der Waals surface area contributed by atoms with Crippen LogP contribution in [-0.2, 0) is 4.74 Å². The molecule has 0 amide bonds. The first kappa shape index (κ1) is 8.85. The van der Waals surface area contributed by atoms with Crippen LogP contribution in [0.3, 0.4) is 0 Å². The molecule has 0 unspecified atom stereocenters. The van der Waals surface area contributed by atoms with Gasteiger partial charge in [0.25, 0.3) is 0 Å². The molecule has 0 fully saturated rings. The van der Waals surface area contributed by atoms with Gasteiger partial charge in [0.05, 0.1) is 6.61 Å². The maximum absolute atomic E-state index is 11.0. The summed E-state index contributed by atoms with van der Waals surface area (Å²) in [6, 6.07) is 0. The quantitative estimate of drug-likeness (QED) is 0.607. The second-order valence-electron chi connectivity index (χ2n) is 1.62. The summed E-state index contributed by atoms with van der Waals surface area (Å²) in [6.07, 6.45) is 0. The lowest BCUT2D eigenvalue weighted by molar-refractivity contribution is 0.0518. The molecule has 4 nitrogen and oxygen atoms in total. The monoisotopic (exact) mass is 284 g/mol. The molecule has 11 heavy (non-hydrogen) atoms. The largest absolute Gasteiger partial charge is 0.461 e. The van der Waals surface area contributed by atoms with Crippen LogP contribution in [0.15, 0.2) is 0 Å². The van der Waals surface area contributed by atoms with Gasteiger partial charge in [0.2, 0.25) is 0 Å². The number of carbonyl (C=O) groups is 1. The van der Waals surface area contributed by atoms with E-state index in [4.69, 9.17) is 4.74 Å². The lowest BCUT2D eigenvalue weighted by atomic mass is 10.5. The molecular weight excluding hydrogens is 279 g/mol. The fraction of sp³-hybridized carbons (Fsp3) is 0.400. The van der Waals surface area contributed by atoms with E-state index in [9.17, 15) is 4.79 Å². The number of rotatable bonds is 2. The normalized spacial score (nSPS) is 9.64. The van der Waals surface area contributed by atoms with Gasteiger partial charge in [-0.2, -0.15) is 0 Å². The van der Waals surface area contributed by atoms with Crippen LogP contribution in [-0.4, -0.2) is 22.2 Å². The Labute approximate surface area is 81.3 Å². The Morgan fingerprint density at radius 1 is 1.82 bits per heavy atom. The first-order chi connectivity index (χ1) is 5.25. The third kappa shape index (κ3) is 2.09. The molecule has 0 aliphatic rings. The summed E-state index contributed by atoms with van der Waals surface area (Å²) >= 11 is 3.19. The highest BCUT2D eigenvalue weighted by Gasteiger charge is 2.14. The topological polar surface area (TPSA) is 52.1 Å². The van der Waals surface area contributed by atoms with E-state index >= 15 is 0 Å². The van der Waals surface area contributed by atoms with Gasteiger partial charge >= 0.3 is 5.97 Å². The molecule has 0 aliphatic carbocycles. The van der Waals surface area contributed by atoms with Crippen LogP contribution >= 0.6 is 34.1 Å². The Kier molecular flexibility index (Phi) is 3.18. The van der Waals surface area contributed by atoms with Crippen LogP contribution in [0, 0.1) is 2.88 Å². The molecule has 0 spiro atoms. The van der Waals surface area contributed by atoms with Crippen LogP contribution in [0.4, 0.5) is 0 Å². The average Bonchev–Trinajstić information content (AvgIpc) is 2.36. The molecule has 0 radical (unpaired) electrons. The summed E-state index contributed by atoms with van der Waals surface area (Å²) in [4.78, 5) is 11.0. The van der Waals surface area contributed by atoms with Gasteiger partial charge in [0.1, 0.15) is 2.88 Å². The number of esters is 1. The van der Waals surface area contributed by atoms with Crippen molar-refractivity contribution in [2.24, 2.45) is 0 Å². The lowest BCUT2D eigenvalue weighted by Crippen LogP contribution is -2.06. The predicted molar refractivity (Wildman–Crippen MR) is 48.6 cm³/mol. The second kappa shape index (κ2) is 3.96. The van der Waals surface area contributed by atoms with E-state index in [1.165, 1.54) is 11.5 Å². The van der Waals surface area contributed by atoms with Gasteiger partial charge in [-0.1, -0.05) is 4.49 Å². The molecule has 60 valence electrons. The van der Waals surface area contributed by atoms with E-state index in [0.717, 1.165) is 2.88 Å². The Hall–Kier alpha value is -0.240. The average molecular weight is 284 g/mol. The Bertz CT molecular complexity index is 263. The number of ether oxygens (including phenoxy) is 1. The van der Waals surface area contributed by atoms with Gasteiger partial charge < -0.3 is 4.74 Å². The van der Waals surface area contributed by atoms with Crippen molar-refractivity contribution >= 4 is 40.1 Å². The van der Waals surface area contributed by atoms with E-state index in [1.807, 2.05) is 22.6 Å². The van der Waals surface area contributed by atoms with Crippen LogP contribution in [0.1, 0.15) is 17.4 Å². The van der Waals surface area contributed by atoms with Gasteiger partial charge in [-0.05, 0) is 41.0 Å². The number of nitrogens with zero attached hydrogens (tertiary/aromatic N) is 2. The molecule has 0 saturated carbocycles. The van der Waals surface area contributed by atoms with Gasteiger partial charge in [-0.15, -0.1) is 5.10 Å². The summed E-state index contributed by atoms with van der Waals surface area (Å²) < 4.78 is 9.10. The maximum Gasteiger partial charge on any atom is 0.360 e. The first-order valence-electron chi connectivity index (χ1n) is 2.90. The van der Waals surface area contributed by atoms with Crippen LogP contribution in [0.5, 0.6) is 0 Å². The highest BCUT2D eigenvalue weighted by atomic mass is 127. The number of aromatic nitrogens is 2. The zero-order chi connectivity index (χ0) is 8.27. The molecule has 0 aliphatic heterocycles. The smallest absolute Gasteiger partial charge is 0.360 e. The standard InChI is InChI=1S/C5H5IN2O2S/c1-2-10-5(9)3-4(6)11-8-7-3/h2H2,1H3. The van der Waals surface area contributed by atoms with Crippen molar-refractivity contribution in [3.8, 4) is 0 Å². The van der Waals surface area contributed by atoms with Crippen molar-refractivity contribution in [3.05, 3.63) is 8.58 Å². The van der Waals surface area contributed by atoms with Gasteiger partial charge in [-0.25, -0.2) is 4.79 Å². The van der Waals surface area contributed by atoms with E-state index in [2.05, 4.69) is 9.59 Å². The van der Waals surface area contributed by atoms with Crippen LogP contribution < -0.4 is 0 Å². The summed E-state index contributed by atoms with van der Waals surface area (Å²) in [7, 11) is 0. The number of hydrogen-bond donors (Lipinski definition) is 0. The van der Waals surface area contributed by atoms with Gasteiger partial charge in [0.15, 0.2) is 5.69 Å². The Morgan fingerprint density at radius 3 is 3.00 bits per heavy atom. The minimum Gasteiger partial charge on any atom is -0.461 e. The first-order valence-corrected chi connectivity index (χ1v) is 4.76. The molecule has 1 aromatic heterocycles.